The van der Waals surface area contributed by atoms with E-state index in [9.17, 15) is 4.79 Å². The minimum Gasteiger partial charge on any atom is -0.384 e. The number of hydrogen-bond donors (Lipinski definition) is 1. The van der Waals surface area contributed by atoms with Gasteiger partial charge in [0.1, 0.15) is 5.82 Å². The first-order valence-corrected chi connectivity index (χ1v) is 6.70. The van der Waals surface area contributed by atoms with Gasteiger partial charge in [-0.1, -0.05) is 27.7 Å². The van der Waals surface area contributed by atoms with Gasteiger partial charge in [0, 0.05) is 24.3 Å². The van der Waals surface area contributed by atoms with Crippen molar-refractivity contribution in [2.45, 2.75) is 47.1 Å². The highest BCUT2D eigenvalue weighted by molar-refractivity contribution is 5.95. The molecule has 1 rings (SSSR count). The van der Waals surface area contributed by atoms with E-state index in [4.69, 9.17) is 5.73 Å². The van der Waals surface area contributed by atoms with E-state index in [0.29, 0.717) is 11.4 Å². The summed E-state index contributed by atoms with van der Waals surface area (Å²) in [5.41, 5.74) is 7.25. The summed E-state index contributed by atoms with van der Waals surface area (Å²) in [6.07, 6.45) is 0.768. The van der Waals surface area contributed by atoms with Gasteiger partial charge in [-0.3, -0.25) is 4.79 Å². The largest absolute Gasteiger partial charge is 0.384 e. The van der Waals surface area contributed by atoms with Crippen LogP contribution in [0.4, 0.5) is 5.82 Å². The van der Waals surface area contributed by atoms with E-state index in [1.54, 1.807) is 11.0 Å². The molecule has 1 amide bonds. The third-order valence-electron chi connectivity index (χ3n) is 3.66. The molecule has 1 aromatic heterocycles. The van der Waals surface area contributed by atoms with Crippen LogP contribution < -0.4 is 5.73 Å². The van der Waals surface area contributed by atoms with Crippen LogP contribution in [0.15, 0.2) is 12.1 Å². The number of carbonyl (C=O) groups is 1. The van der Waals surface area contributed by atoms with E-state index in [0.717, 1.165) is 12.1 Å². The summed E-state index contributed by atoms with van der Waals surface area (Å²) in [5.74, 6) is 0.394. The van der Waals surface area contributed by atoms with Crippen molar-refractivity contribution in [2.24, 2.45) is 5.41 Å². The van der Waals surface area contributed by atoms with Gasteiger partial charge in [-0.25, -0.2) is 4.98 Å². The van der Waals surface area contributed by atoms with Crippen molar-refractivity contribution < 1.29 is 4.79 Å². The Hall–Kier alpha value is -1.58. The van der Waals surface area contributed by atoms with Gasteiger partial charge < -0.3 is 10.6 Å². The molecule has 1 atom stereocenters. The topological polar surface area (TPSA) is 59.2 Å². The summed E-state index contributed by atoms with van der Waals surface area (Å²) in [4.78, 5) is 18.5. The van der Waals surface area contributed by atoms with Crippen molar-refractivity contribution in [3.05, 3.63) is 23.4 Å². The predicted molar refractivity (Wildman–Crippen MR) is 79.0 cm³/mol. The molecule has 0 fully saturated rings. The lowest BCUT2D eigenvalue weighted by molar-refractivity contribution is 0.0629. The Morgan fingerprint density at radius 2 is 2.00 bits per heavy atom. The smallest absolute Gasteiger partial charge is 0.254 e. The summed E-state index contributed by atoms with van der Waals surface area (Å²) >= 11 is 0. The molecule has 0 aliphatic carbocycles. The normalized spacial score (nSPS) is 13.2. The number of aromatic nitrogens is 1. The standard InChI is InChI=1S/C15H25N3O/c1-7-12-8-11(9-13(16)17-12)14(19)18(6)10(2)15(3,4)5/h8-10H,7H2,1-6H3,(H2,16,17). The number of anilines is 1. The lowest BCUT2D eigenvalue weighted by Crippen LogP contribution is -2.43. The second-order valence-corrected chi connectivity index (χ2v) is 6.08. The Bertz CT molecular complexity index is 463. The molecule has 0 aromatic carbocycles. The quantitative estimate of drug-likeness (QED) is 0.912. The zero-order valence-electron chi connectivity index (χ0n) is 12.8. The van der Waals surface area contributed by atoms with Gasteiger partial charge in [0.15, 0.2) is 0 Å². The lowest BCUT2D eigenvalue weighted by atomic mass is 9.87. The summed E-state index contributed by atoms with van der Waals surface area (Å²) in [7, 11) is 1.83. The van der Waals surface area contributed by atoms with Crippen LogP contribution in [-0.4, -0.2) is 28.9 Å². The van der Waals surface area contributed by atoms with Crippen molar-refractivity contribution in [1.82, 2.24) is 9.88 Å². The second-order valence-electron chi connectivity index (χ2n) is 6.08. The van der Waals surface area contributed by atoms with E-state index < -0.39 is 0 Å². The molecule has 0 aliphatic heterocycles. The molecular weight excluding hydrogens is 238 g/mol. The molecule has 19 heavy (non-hydrogen) atoms. The van der Waals surface area contributed by atoms with E-state index in [2.05, 4.69) is 32.7 Å². The highest BCUT2D eigenvalue weighted by Crippen LogP contribution is 2.24. The number of aryl methyl sites for hydroxylation is 1. The van der Waals surface area contributed by atoms with Crippen molar-refractivity contribution in [3.63, 3.8) is 0 Å². The molecule has 0 spiro atoms. The van der Waals surface area contributed by atoms with Gasteiger partial charge >= 0.3 is 0 Å². The molecule has 0 bridgehead atoms. The summed E-state index contributed by atoms with van der Waals surface area (Å²) in [6, 6.07) is 3.61. The minimum atomic E-state index is -0.00812. The first-order chi connectivity index (χ1) is 8.66. The number of carbonyl (C=O) groups excluding carboxylic acids is 1. The van der Waals surface area contributed by atoms with Crippen LogP contribution in [0.25, 0.3) is 0 Å². The van der Waals surface area contributed by atoms with E-state index in [-0.39, 0.29) is 17.4 Å². The van der Waals surface area contributed by atoms with Gasteiger partial charge in [0.05, 0.1) is 0 Å². The molecule has 106 valence electrons. The molecular formula is C15H25N3O. The van der Waals surface area contributed by atoms with Crippen LogP contribution in [0.2, 0.25) is 0 Å². The molecule has 1 unspecified atom stereocenters. The minimum absolute atomic E-state index is 0.00812. The average molecular weight is 263 g/mol. The molecule has 1 aromatic rings. The fourth-order valence-electron chi connectivity index (χ4n) is 1.88. The number of nitrogen functional groups attached to an aromatic ring is 1. The molecule has 2 N–H and O–H groups in total. The fourth-order valence-corrected chi connectivity index (χ4v) is 1.88. The monoisotopic (exact) mass is 263 g/mol. The van der Waals surface area contributed by atoms with Gasteiger partial charge in [0.25, 0.3) is 5.91 Å². The average Bonchev–Trinajstić information content (AvgIpc) is 2.34. The summed E-state index contributed by atoms with van der Waals surface area (Å²) < 4.78 is 0. The van der Waals surface area contributed by atoms with Crippen LogP contribution in [-0.2, 0) is 6.42 Å². The molecule has 1 heterocycles. The highest BCUT2D eigenvalue weighted by Gasteiger charge is 2.27. The van der Waals surface area contributed by atoms with Gasteiger partial charge in [0.2, 0.25) is 0 Å². The van der Waals surface area contributed by atoms with Gasteiger partial charge in [-0.05, 0) is 30.9 Å². The number of nitrogens with two attached hydrogens (primary N) is 1. The predicted octanol–water partition coefficient (Wildman–Crippen LogP) is 2.73. The van der Waals surface area contributed by atoms with Crippen LogP contribution in [0, 0.1) is 5.41 Å². The van der Waals surface area contributed by atoms with E-state index in [1.165, 1.54) is 0 Å². The third kappa shape index (κ3) is 3.69. The molecule has 4 nitrogen and oxygen atoms in total. The maximum atomic E-state index is 12.5. The number of nitrogens with zero attached hydrogens (tertiary/aromatic N) is 2. The van der Waals surface area contributed by atoms with Gasteiger partial charge in [-0.2, -0.15) is 0 Å². The Morgan fingerprint density at radius 1 is 1.42 bits per heavy atom. The zero-order chi connectivity index (χ0) is 14.8. The van der Waals surface area contributed by atoms with Crippen LogP contribution in [0.3, 0.4) is 0 Å². The van der Waals surface area contributed by atoms with Crippen LogP contribution in [0.1, 0.15) is 50.7 Å². The lowest BCUT2D eigenvalue weighted by Gasteiger charge is -2.35. The van der Waals surface area contributed by atoms with Crippen molar-refractivity contribution in [1.29, 1.82) is 0 Å². The summed E-state index contributed by atoms with van der Waals surface area (Å²) in [6.45, 7) is 10.4. The molecule has 0 radical (unpaired) electrons. The molecule has 0 saturated heterocycles. The Morgan fingerprint density at radius 3 is 2.47 bits per heavy atom. The van der Waals surface area contributed by atoms with Crippen molar-refractivity contribution in [2.75, 3.05) is 12.8 Å². The number of amides is 1. The Kier molecular flexibility index (Phi) is 4.56. The maximum Gasteiger partial charge on any atom is 0.254 e. The number of rotatable bonds is 3. The summed E-state index contributed by atoms with van der Waals surface area (Å²) in [5, 5.41) is 0. The Labute approximate surface area is 116 Å². The molecule has 0 saturated carbocycles. The number of pyridine rings is 1. The molecule has 4 heteroatoms. The maximum absolute atomic E-state index is 12.5. The number of hydrogen-bond acceptors (Lipinski definition) is 3. The zero-order valence-corrected chi connectivity index (χ0v) is 12.8. The highest BCUT2D eigenvalue weighted by atomic mass is 16.2. The van der Waals surface area contributed by atoms with Gasteiger partial charge in [-0.15, -0.1) is 0 Å². The third-order valence-corrected chi connectivity index (χ3v) is 3.66. The Balaban J connectivity index is 3.03. The second kappa shape index (κ2) is 5.59. The van der Waals surface area contributed by atoms with Crippen LogP contribution in [0.5, 0.6) is 0 Å². The molecule has 0 aliphatic rings. The van der Waals surface area contributed by atoms with Crippen molar-refractivity contribution in [3.8, 4) is 0 Å². The first kappa shape index (κ1) is 15.5. The van der Waals surface area contributed by atoms with E-state index in [1.807, 2.05) is 20.0 Å². The SMILES string of the molecule is CCc1cc(C(=O)N(C)C(C)C(C)(C)C)cc(N)n1. The van der Waals surface area contributed by atoms with Crippen LogP contribution >= 0.6 is 0 Å². The fraction of sp³-hybridized carbons (Fsp3) is 0.600. The van der Waals surface area contributed by atoms with Crippen molar-refractivity contribution >= 4 is 11.7 Å². The van der Waals surface area contributed by atoms with E-state index >= 15 is 0 Å². The first-order valence-electron chi connectivity index (χ1n) is 6.70.